The Kier molecular flexibility index (Phi) is 4.97. The number of aliphatic hydroxyl groups is 1. The van der Waals surface area contributed by atoms with Crippen molar-refractivity contribution in [2.24, 2.45) is 0 Å². The maximum absolute atomic E-state index is 12.5. The minimum absolute atomic E-state index is 0.0261. The molecule has 1 aromatic rings. The summed E-state index contributed by atoms with van der Waals surface area (Å²) < 4.78 is 0. The molecule has 146 valence electrons. The average molecular weight is 370 g/mol. The van der Waals surface area contributed by atoms with Crippen LogP contribution in [0.1, 0.15) is 69.8 Å². The molecule has 5 heteroatoms. The lowest BCUT2D eigenvalue weighted by molar-refractivity contribution is -0.134. The monoisotopic (exact) mass is 370 g/mol. The molecule has 0 aromatic heterocycles. The van der Waals surface area contributed by atoms with E-state index in [4.69, 9.17) is 0 Å². The van der Waals surface area contributed by atoms with Crippen LogP contribution in [-0.4, -0.2) is 39.0 Å². The minimum Gasteiger partial charge on any atom is -0.389 e. The van der Waals surface area contributed by atoms with Crippen LogP contribution in [0.2, 0.25) is 0 Å². The highest BCUT2D eigenvalue weighted by molar-refractivity contribution is 5.80. The van der Waals surface area contributed by atoms with E-state index in [-0.39, 0.29) is 29.8 Å². The van der Waals surface area contributed by atoms with Gasteiger partial charge in [-0.1, -0.05) is 30.3 Å². The Morgan fingerprint density at radius 3 is 2.44 bits per heavy atom. The first kappa shape index (κ1) is 18.5. The second-order valence-electron chi connectivity index (χ2n) is 8.79. The summed E-state index contributed by atoms with van der Waals surface area (Å²) in [7, 11) is 0. The third-order valence-corrected chi connectivity index (χ3v) is 6.92. The van der Waals surface area contributed by atoms with E-state index in [0.29, 0.717) is 13.0 Å². The number of carbonyl (C=O) groups excluding carboxylic acids is 2. The van der Waals surface area contributed by atoms with Crippen LogP contribution in [0.3, 0.4) is 0 Å². The molecule has 4 rings (SSSR count). The first-order valence-corrected chi connectivity index (χ1v) is 10.3. The molecule has 3 fully saturated rings. The second kappa shape index (κ2) is 7.27. The van der Waals surface area contributed by atoms with Crippen molar-refractivity contribution in [2.75, 3.05) is 0 Å². The molecule has 3 aliphatic rings. The molecule has 0 unspecified atom stereocenters. The molecule has 27 heavy (non-hydrogen) atoms. The number of nitrogens with one attached hydrogen (secondary N) is 1. The van der Waals surface area contributed by atoms with E-state index in [1.54, 1.807) is 0 Å². The Bertz CT molecular complexity index is 691. The summed E-state index contributed by atoms with van der Waals surface area (Å²) in [6.45, 7) is 0.684. The molecule has 2 amide bonds. The normalized spacial score (nSPS) is 29.6. The number of nitrogens with zero attached hydrogens (tertiary/aromatic N) is 1. The van der Waals surface area contributed by atoms with Crippen LogP contribution in [0.25, 0.3) is 0 Å². The molecular weight excluding hydrogens is 340 g/mol. The molecule has 2 aliphatic carbocycles. The Hall–Kier alpha value is -1.88. The highest BCUT2D eigenvalue weighted by Gasteiger charge is 2.47. The lowest BCUT2D eigenvalue weighted by Crippen LogP contribution is -2.51. The summed E-state index contributed by atoms with van der Waals surface area (Å²) in [5.74, 6) is 0.232. The standard InChI is InChI=1S/C22H30N2O3/c25-19(15-22(27)10-4-11-22)23-18-7-12-21(13-8-18)14-9-20(26)24(21)16-17-5-2-1-3-6-17/h1-3,5-6,18,27H,4,7-16H2,(H,23,25). The number of likely N-dealkylation sites (tertiary alicyclic amines) is 1. The van der Waals surface area contributed by atoms with E-state index in [2.05, 4.69) is 22.3 Å². The maximum Gasteiger partial charge on any atom is 0.223 e. The van der Waals surface area contributed by atoms with Gasteiger partial charge in [0.25, 0.3) is 0 Å². The highest BCUT2D eigenvalue weighted by Crippen LogP contribution is 2.43. The molecule has 1 saturated heterocycles. The predicted molar refractivity (Wildman–Crippen MR) is 103 cm³/mol. The predicted octanol–water partition coefficient (Wildman–Crippen LogP) is 2.91. The second-order valence-corrected chi connectivity index (χ2v) is 8.79. The summed E-state index contributed by atoms with van der Waals surface area (Å²) in [6.07, 6.45) is 7.99. The van der Waals surface area contributed by atoms with Crippen molar-refractivity contribution in [1.29, 1.82) is 0 Å². The quantitative estimate of drug-likeness (QED) is 0.837. The molecular formula is C22H30N2O3. The van der Waals surface area contributed by atoms with Crippen molar-refractivity contribution in [3.8, 4) is 0 Å². The fourth-order valence-corrected chi connectivity index (χ4v) is 5.05. The van der Waals surface area contributed by atoms with Crippen LogP contribution in [-0.2, 0) is 16.1 Å². The SMILES string of the molecule is O=C(CC1(O)CCC1)NC1CCC2(CCC(=O)N2Cc2ccccc2)CC1. The van der Waals surface area contributed by atoms with Gasteiger partial charge in [-0.2, -0.15) is 0 Å². The van der Waals surface area contributed by atoms with Crippen LogP contribution < -0.4 is 5.32 Å². The first-order chi connectivity index (χ1) is 13.0. The molecule has 2 N–H and O–H groups in total. The number of carbonyl (C=O) groups is 2. The van der Waals surface area contributed by atoms with Crippen molar-refractivity contribution in [1.82, 2.24) is 10.2 Å². The van der Waals surface area contributed by atoms with Crippen LogP contribution in [0.5, 0.6) is 0 Å². The maximum atomic E-state index is 12.5. The average Bonchev–Trinajstić information content (AvgIpc) is 2.93. The van der Waals surface area contributed by atoms with Crippen molar-refractivity contribution < 1.29 is 14.7 Å². The topological polar surface area (TPSA) is 69.6 Å². The van der Waals surface area contributed by atoms with Crippen LogP contribution in [0.4, 0.5) is 0 Å². The van der Waals surface area contributed by atoms with Gasteiger partial charge in [-0.15, -0.1) is 0 Å². The third kappa shape index (κ3) is 3.88. The van der Waals surface area contributed by atoms with Gasteiger partial charge in [-0.25, -0.2) is 0 Å². The summed E-state index contributed by atoms with van der Waals surface area (Å²) in [5.41, 5.74) is 0.376. The zero-order chi connectivity index (χ0) is 18.9. The summed E-state index contributed by atoms with van der Waals surface area (Å²) in [4.78, 5) is 26.9. The molecule has 1 heterocycles. The van der Waals surface area contributed by atoms with Crippen molar-refractivity contribution in [3.63, 3.8) is 0 Å². The van der Waals surface area contributed by atoms with Gasteiger partial charge in [0.2, 0.25) is 11.8 Å². The summed E-state index contributed by atoms with van der Waals surface area (Å²) >= 11 is 0. The number of benzene rings is 1. The van der Waals surface area contributed by atoms with E-state index in [1.165, 1.54) is 5.56 Å². The first-order valence-electron chi connectivity index (χ1n) is 10.3. The van der Waals surface area contributed by atoms with E-state index in [9.17, 15) is 14.7 Å². The van der Waals surface area contributed by atoms with Gasteiger partial charge in [-0.3, -0.25) is 9.59 Å². The molecule has 0 atom stereocenters. The van der Waals surface area contributed by atoms with E-state index >= 15 is 0 Å². The molecule has 0 bridgehead atoms. The molecule has 1 aliphatic heterocycles. The lowest BCUT2D eigenvalue weighted by atomic mass is 9.76. The van der Waals surface area contributed by atoms with Gasteiger partial charge in [0.1, 0.15) is 0 Å². The lowest BCUT2D eigenvalue weighted by Gasteiger charge is -2.44. The third-order valence-electron chi connectivity index (χ3n) is 6.92. The van der Waals surface area contributed by atoms with Gasteiger partial charge in [-0.05, 0) is 56.9 Å². The van der Waals surface area contributed by atoms with Crippen LogP contribution in [0.15, 0.2) is 30.3 Å². The fraction of sp³-hybridized carbons (Fsp3) is 0.636. The Balaban J connectivity index is 1.34. The number of hydrogen-bond donors (Lipinski definition) is 2. The summed E-state index contributed by atoms with van der Waals surface area (Å²) in [5, 5.41) is 13.3. The molecule has 2 saturated carbocycles. The van der Waals surface area contributed by atoms with Gasteiger partial charge < -0.3 is 15.3 Å². The zero-order valence-corrected chi connectivity index (χ0v) is 16.0. The highest BCUT2D eigenvalue weighted by atomic mass is 16.3. The largest absolute Gasteiger partial charge is 0.389 e. The van der Waals surface area contributed by atoms with Crippen molar-refractivity contribution >= 4 is 11.8 Å². The van der Waals surface area contributed by atoms with Crippen LogP contribution in [0, 0.1) is 0 Å². The number of rotatable bonds is 5. The number of amides is 2. The molecule has 5 nitrogen and oxygen atoms in total. The molecule has 1 aromatic carbocycles. The fourth-order valence-electron chi connectivity index (χ4n) is 5.05. The molecule has 0 radical (unpaired) electrons. The van der Waals surface area contributed by atoms with E-state index in [0.717, 1.165) is 51.4 Å². The van der Waals surface area contributed by atoms with Crippen molar-refractivity contribution in [3.05, 3.63) is 35.9 Å². The van der Waals surface area contributed by atoms with Crippen molar-refractivity contribution in [2.45, 2.75) is 87.9 Å². The van der Waals surface area contributed by atoms with Gasteiger partial charge >= 0.3 is 0 Å². The minimum atomic E-state index is -0.760. The Morgan fingerprint density at radius 1 is 1.11 bits per heavy atom. The Labute approximate surface area is 161 Å². The van der Waals surface area contributed by atoms with E-state index in [1.807, 2.05) is 18.2 Å². The van der Waals surface area contributed by atoms with Gasteiger partial charge in [0, 0.05) is 24.5 Å². The smallest absolute Gasteiger partial charge is 0.223 e. The molecule has 1 spiro atoms. The zero-order valence-electron chi connectivity index (χ0n) is 16.0. The summed E-state index contributed by atoms with van der Waals surface area (Å²) in [6, 6.07) is 10.4. The number of hydrogen-bond acceptors (Lipinski definition) is 3. The van der Waals surface area contributed by atoms with Gasteiger partial charge in [0.15, 0.2) is 0 Å². The van der Waals surface area contributed by atoms with Gasteiger partial charge in [0.05, 0.1) is 12.0 Å². The van der Waals surface area contributed by atoms with Crippen LogP contribution >= 0.6 is 0 Å². The Morgan fingerprint density at radius 2 is 1.81 bits per heavy atom. The van der Waals surface area contributed by atoms with E-state index < -0.39 is 5.60 Å².